The summed E-state index contributed by atoms with van der Waals surface area (Å²) in [5.74, 6) is 1.63. The fourth-order valence-corrected chi connectivity index (χ4v) is 1.97. The molecule has 0 aliphatic heterocycles. The molecule has 120 valence electrons. The van der Waals surface area contributed by atoms with Gasteiger partial charge in [-0.1, -0.05) is 6.92 Å². The van der Waals surface area contributed by atoms with E-state index in [9.17, 15) is 0 Å². The molecular formula is C15H28N4O2. The smallest absolute Gasteiger partial charge is 0.224 e. The van der Waals surface area contributed by atoms with Gasteiger partial charge < -0.3 is 19.7 Å². The van der Waals surface area contributed by atoms with Crippen LogP contribution in [0.2, 0.25) is 0 Å². The number of aryl methyl sites for hydroxylation is 1. The number of hydrogen-bond acceptors (Lipinski definition) is 6. The van der Waals surface area contributed by atoms with Crippen molar-refractivity contribution < 1.29 is 9.47 Å². The normalized spacial score (nSPS) is 10.7. The summed E-state index contributed by atoms with van der Waals surface area (Å²) in [6, 6.07) is 2.01. The van der Waals surface area contributed by atoms with Gasteiger partial charge in [0.2, 0.25) is 5.95 Å². The van der Waals surface area contributed by atoms with Crippen LogP contribution >= 0.6 is 0 Å². The maximum atomic E-state index is 5.19. The second kappa shape index (κ2) is 10.3. The first-order chi connectivity index (χ1) is 10.2. The zero-order chi connectivity index (χ0) is 15.5. The van der Waals surface area contributed by atoms with Crippen molar-refractivity contribution in [2.45, 2.75) is 26.7 Å². The summed E-state index contributed by atoms with van der Waals surface area (Å²) in [7, 11) is 3.44. The standard InChI is InChI=1S/C15H28N4O2/c1-5-7-16-15-17-13(2)12-14(18-15)19(9-11-21-4)8-6-10-20-3/h12H,5-11H2,1-4H3,(H,16,17,18). The molecule has 0 radical (unpaired) electrons. The molecule has 0 atom stereocenters. The summed E-state index contributed by atoms with van der Waals surface area (Å²) in [4.78, 5) is 11.3. The van der Waals surface area contributed by atoms with Crippen LogP contribution in [-0.2, 0) is 9.47 Å². The largest absolute Gasteiger partial charge is 0.385 e. The zero-order valence-electron chi connectivity index (χ0n) is 13.7. The first-order valence-corrected chi connectivity index (χ1v) is 7.53. The highest BCUT2D eigenvalue weighted by molar-refractivity contribution is 5.44. The summed E-state index contributed by atoms with van der Waals surface area (Å²) >= 11 is 0. The van der Waals surface area contributed by atoms with Gasteiger partial charge in [0.15, 0.2) is 0 Å². The van der Waals surface area contributed by atoms with Crippen molar-refractivity contribution in [2.24, 2.45) is 0 Å². The number of nitrogens with zero attached hydrogens (tertiary/aromatic N) is 3. The lowest BCUT2D eigenvalue weighted by molar-refractivity contribution is 0.191. The Labute approximate surface area is 127 Å². The number of nitrogens with one attached hydrogen (secondary N) is 1. The third-order valence-electron chi connectivity index (χ3n) is 3.04. The fourth-order valence-electron chi connectivity index (χ4n) is 1.97. The van der Waals surface area contributed by atoms with E-state index in [1.807, 2.05) is 13.0 Å². The topological polar surface area (TPSA) is 59.5 Å². The van der Waals surface area contributed by atoms with Crippen LogP contribution in [0.3, 0.4) is 0 Å². The molecule has 1 heterocycles. The Balaban J connectivity index is 2.80. The zero-order valence-corrected chi connectivity index (χ0v) is 13.7. The fraction of sp³-hybridized carbons (Fsp3) is 0.733. The number of aromatic nitrogens is 2. The predicted octanol–water partition coefficient (Wildman–Crippen LogP) is 2.10. The van der Waals surface area contributed by atoms with E-state index in [0.29, 0.717) is 12.6 Å². The van der Waals surface area contributed by atoms with Crippen LogP contribution < -0.4 is 10.2 Å². The molecule has 6 nitrogen and oxygen atoms in total. The number of anilines is 2. The van der Waals surface area contributed by atoms with Crippen LogP contribution in [0.15, 0.2) is 6.07 Å². The van der Waals surface area contributed by atoms with Crippen molar-refractivity contribution in [3.8, 4) is 0 Å². The molecule has 1 rings (SSSR count). The molecular weight excluding hydrogens is 268 g/mol. The molecule has 0 unspecified atom stereocenters. The Morgan fingerprint density at radius 1 is 1.14 bits per heavy atom. The van der Waals surface area contributed by atoms with E-state index in [1.165, 1.54) is 0 Å². The van der Waals surface area contributed by atoms with Crippen molar-refractivity contribution in [1.29, 1.82) is 0 Å². The molecule has 1 aromatic heterocycles. The number of ether oxygens (including phenoxy) is 2. The van der Waals surface area contributed by atoms with Crippen molar-refractivity contribution in [2.75, 3.05) is 57.3 Å². The lowest BCUT2D eigenvalue weighted by Gasteiger charge is -2.24. The Bertz CT molecular complexity index is 401. The van der Waals surface area contributed by atoms with Gasteiger partial charge in [-0.05, 0) is 19.8 Å². The highest BCUT2D eigenvalue weighted by Crippen LogP contribution is 2.15. The van der Waals surface area contributed by atoms with Gasteiger partial charge in [0.1, 0.15) is 5.82 Å². The van der Waals surface area contributed by atoms with Crippen LogP contribution in [0.1, 0.15) is 25.5 Å². The molecule has 1 aromatic rings. The predicted molar refractivity (Wildman–Crippen MR) is 86.1 cm³/mol. The first-order valence-electron chi connectivity index (χ1n) is 7.53. The lowest BCUT2D eigenvalue weighted by atomic mass is 10.3. The second-order valence-electron chi connectivity index (χ2n) is 4.94. The molecule has 21 heavy (non-hydrogen) atoms. The van der Waals surface area contributed by atoms with Gasteiger partial charge in [-0.2, -0.15) is 4.98 Å². The average molecular weight is 296 g/mol. The van der Waals surface area contributed by atoms with E-state index < -0.39 is 0 Å². The van der Waals surface area contributed by atoms with Gasteiger partial charge in [0.25, 0.3) is 0 Å². The van der Waals surface area contributed by atoms with E-state index in [2.05, 4.69) is 27.1 Å². The molecule has 6 heteroatoms. The number of rotatable bonds is 11. The second-order valence-corrected chi connectivity index (χ2v) is 4.94. The van der Waals surface area contributed by atoms with Gasteiger partial charge in [-0.15, -0.1) is 0 Å². The summed E-state index contributed by atoms with van der Waals surface area (Å²) in [5.41, 5.74) is 0.966. The molecule has 0 saturated carbocycles. The van der Waals surface area contributed by atoms with E-state index in [-0.39, 0.29) is 0 Å². The minimum Gasteiger partial charge on any atom is -0.385 e. The SMILES string of the molecule is CCCNc1nc(C)cc(N(CCCOC)CCOC)n1. The molecule has 0 spiro atoms. The summed E-state index contributed by atoms with van der Waals surface area (Å²) in [6.07, 6.45) is 2.01. The quantitative estimate of drug-likeness (QED) is 0.631. The van der Waals surface area contributed by atoms with E-state index in [0.717, 1.165) is 50.6 Å². The average Bonchev–Trinajstić information content (AvgIpc) is 2.48. The van der Waals surface area contributed by atoms with E-state index in [1.54, 1.807) is 14.2 Å². The molecule has 0 amide bonds. The lowest BCUT2D eigenvalue weighted by Crippen LogP contribution is -2.30. The summed E-state index contributed by atoms with van der Waals surface area (Å²) in [5, 5.41) is 3.25. The Morgan fingerprint density at radius 3 is 2.57 bits per heavy atom. The van der Waals surface area contributed by atoms with Crippen molar-refractivity contribution >= 4 is 11.8 Å². The number of methoxy groups -OCH3 is 2. The molecule has 0 aliphatic carbocycles. The van der Waals surface area contributed by atoms with Crippen LogP contribution in [0.4, 0.5) is 11.8 Å². The summed E-state index contributed by atoms with van der Waals surface area (Å²) < 4.78 is 10.3. The number of hydrogen-bond donors (Lipinski definition) is 1. The molecule has 0 aromatic carbocycles. The monoisotopic (exact) mass is 296 g/mol. The maximum absolute atomic E-state index is 5.19. The Hall–Kier alpha value is -1.40. The maximum Gasteiger partial charge on any atom is 0.224 e. The third-order valence-corrected chi connectivity index (χ3v) is 3.04. The van der Waals surface area contributed by atoms with Crippen molar-refractivity contribution in [3.05, 3.63) is 11.8 Å². The molecule has 0 fully saturated rings. The van der Waals surface area contributed by atoms with Gasteiger partial charge in [-0.25, -0.2) is 4.98 Å². The van der Waals surface area contributed by atoms with Crippen LogP contribution in [0.25, 0.3) is 0 Å². The van der Waals surface area contributed by atoms with Crippen molar-refractivity contribution in [3.63, 3.8) is 0 Å². The Kier molecular flexibility index (Phi) is 8.69. The van der Waals surface area contributed by atoms with Crippen LogP contribution in [0.5, 0.6) is 0 Å². The Morgan fingerprint density at radius 2 is 1.90 bits per heavy atom. The minimum atomic E-state index is 0.674. The van der Waals surface area contributed by atoms with Gasteiger partial charge in [-0.3, -0.25) is 0 Å². The molecule has 1 N–H and O–H groups in total. The molecule has 0 bridgehead atoms. The van der Waals surface area contributed by atoms with Crippen LogP contribution in [0, 0.1) is 6.92 Å². The van der Waals surface area contributed by atoms with Crippen LogP contribution in [-0.4, -0.2) is 57.0 Å². The van der Waals surface area contributed by atoms with Crippen molar-refractivity contribution in [1.82, 2.24) is 9.97 Å². The van der Waals surface area contributed by atoms with E-state index >= 15 is 0 Å². The highest BCUT2D eigenvalue weighted by Gasteiger charge is 2.10. The highest BCUT2D eigenvalue weighted by atomic mass is 16.5. The first kappa shape index (κ1) is 17.7. The molecule has 0 saturated heterocycles. The minimum absolute atomic E-state index is 0.674. The molecule has 0 aliphatic rings. The van der Waals surface area contributed by atoms with Gasteiger partial charge >= 0.3 is 0 Å². The summed E-state index contributed by atoms with van der Waals surface area (Å²) in [6.45, 7) is 8.11. The van der Waals surface area contributed by atoms with Gasteiger partial charge in [0.05, 0.1) is 6.61 Å². The van der Waals surface area contributed by atoms with E-state index in [4.69, 9.17) is 9.47 Å². The third kappa shape index (κ3) is 6.73. The van der Waals surface area contributed by atoms with Gasteiger partial charge in [0, 0.05) is 52.2 Å².